The third-order valence-electron chi connectivity index (χ3n) is 3.62. The quantitative estimate of drug-likeness (QED) is 0.345. The first kappa shape index (κ1) is 18.5. The van der Waals surface area contributed by atoms with Crippen LogP contribution in [0.15, 0.2) is 11.3 Å². The first-order chi connectivity index (χ1) is 10.6. The van der Waals surface area contributed by atoms with Gasteiger partial charge in [-0.05, 0) is 6.42 Å². The predicted octanol–water partition coefficient (Wildman–Crippen LogP) is 2.40. The highest BCUT2D eigenvalue weighted by molar-refractivity contribution is 6.16. The van der Waals surface area contributed by atoms with Crippen LogP contribution < -0.4 is 0 Å². The molecule has 0 amide bonds. The number of aliphatic hydroxyl groups is 2. The van der Waals surface area contributed by atoms with E-state index < -0.39 is 36.0 Å². The molecule has 0 bridgehead atoms. The molecule has 126 valence electrons. The van der Waals surface area contributed by atoms with E-state index in [0.717, 1.165) is 19.3 Å². The second-order valence-corrected chi connectivity index (χ2v) is 5.45. The van der Waals surface area contributed by atoms with Crippen molar-refractivity contribution in [2.24, 2.45) is 0 Å². The summed E-state index contributed by atoms with van der Waals surface area (Å²) >= 11 is 0. The van der Waals surface area contributed by atoms with Crippen LogP contribution in [-0.4, -0.2) is 41.5 Å². The Bertz CT molecular complexity index is 401. The molecule has 0 saturated carbocycles. The summed E-state index contributed by atoms with van der Waals surface area (Å²) in [5, 5.41) is 18.5. The van der Waals surface area contributed by atoms with Crippen molar-refractivity contribution in [3.63, 3.8) is 0 Å². The van der Waals surface area contributed by atoms with Gasteiger partial charge in [-0.1, -0.05) is 51.9 Å². The predicted molar refractivity (Wildman–Crippen MR) is 80.2 cm³/mol. The molecular formula is C16H26O6. The van der Waals surface area contributed by atoms with Crippen LogP contribution >= 0.6 is 0 Å². The molecule has 6 nitrogen and oxygen atoms in total. The number of aliphatic hydroxyl groups excluding tert-OH is 2. The molecule has 6 heteroatoms. The van der Waals surface area contributed by atoms with Crippen molar-refractivity contribution >= 4 is 11.9 Å². The number of rotatable bonds is 11. The van der Waals surface area contributed by atoms with Crippen LogP contribution in [-0.2, 0) is 19.1 Å². The van der Waals surface area contributed by atoms with Crippen molar-refractivity contribution in [3.05, 3.63) is 11.3 Å². The van der Waals surface area contributed by atoms with E-state index in [0.29, 0.717) is 0 Å². The summed E-state index contributed by atoms with van der Waals surface area (Å²) in [6, 6.07) is 0. The number of hydrogen-bond acceptors (Lipinski definition) is 6. The molecular weight excluding hydrogens is 288 g/mol. The lowest BCUT2D eigenvalue weighted by Crippen LogP contribution is -2.16. The molecule has 0 aromatic rings. The fourth-order valence-corrected chi connectivity index (χ4v) is 2.29. The highest BCUT2D eigenvalue weighted by atomic mass is 16.6. The van der Waals surface area contributed by atoms with E-state index in [-0.39, 0.29) is 6.61 Å². The molecule has 1 heterocycles. The summed E-state index contributed by atoms with van der Waals surface area (Å²) in [6.07, 6.45) is 7.85. The molecule has 0 aromatic heterocycles. The maximum Gasteiger partial charge on any atom is 0.350 e. The van der Waals surface area contributed by atoms with Gasteiger partial charge in [0.2, 0.25) is 0 Å². The van der Waals surface area contributed by atoms with E-state index in [2.05, 4.69) is 11.7 Å². The minimum Gasteiger partial charge on any atom is -0.507 e. The topological polar surface area (TPSA) is 93.1 Å². The standard InChI is InChI=1S/C16H26O6/c1-2-3-4-5-6-7-8-9-10-21-15(19)13-14(18)12(11-17)22-16(13)20/h12,17-18H,2-11H2,1H3/t12-/m1/s1. The highest BCUT2D eigenvalue weighted by Gasteiger charge is 2.39. The Morgan fingerprint density at radius 2 is 1.73 bits per heavy atom. The monoisotopic (exact) mass is 314 g/mol. The van der Waals surface area contributed by atoms with Gasteiger partial charge in [0.25, 0.3) is 0 Å². The van der Waals surface area contributed by atoms with Crippen LogP contribution in [0.25, 0.3) is 0 Å². The number of cyclic esters (lactones) is 1. The molecule has 0 saturated heterocycles. The zero-order valence-corrected chi connectivity index (χ0v) is 13.2. The molecule has 0 spiro atoms. The van der Waals surface area contributed by atoms with Crippen LogP contribution in [0.5, 0.6) is 0 Å². The summed E-state index contributed by atoms with van der Waals surface area (Å²) in [4.78, 5) is 23.1. The fourth-order valence-electron chi connectivity index (χ4n) is 2.29. The second-order valence-electron chi connectivity index (χ2n) is 5.45. The fraction of sp³-hybridized carbons (Fsp3) is 0.750. The van der Waals surface area contributed by atoms with E-state index in [1.165, 1.54) is 32.1 Å². The maximum absolute atomic E-state index is 11.7. The number of carbonyl (C=O) groups is 2. The third kappa shape index (κ3) is 5.67. The Morgan fingerprint density at radius 1 is 1.14 bits per heavy atom. The normalized spacial score (nSPS) is 17.7. The zero-order chi connectivity index (χ0) is 16.4. The van der Waals surface area contributed by atoms with Gasteiger partial charge in [-0.15, -0.1) is 0 Å². The zero-order valence-electron chi connectivity index (χ0n) is 13.2. The van der Waals surface area contributed by atoms with Crippen LogP contribution in [0.2, 0.25) is 0 Å². The van der Waals surface area contributed by atoms with Crippen LogP contribution in [0.4, 0.5) is 0 Å². The van der Waals surface area contributed by atoms with E-state index in [9.17, 15) is 14.7 Å². The summed E-state index contributed by atoms with van der Waals surface area (Å²) < 4.78 is 9.60. The van der Waals surface area contributed by atoms with E-state index >= 15 is 0 Å². The summed E-state index contributed by atoms with van der Waals surface area (Å²) in [5.74, 6) is -2.38. The summed E-state index contributed by atoms with van der Waals surface area (Å²) in [7, 11) is 0. The Labute approximate surface area is 131 Å². The third-order valence-corrected chi connectivity index (χ3v) is 3.62. The van der Waals surface area contributed by atoms with Crippen LogP contribution in [0.1, 0.15) is 58.3 Å². The number of esters is 2. The minimum atomic E-state index is -1.15. The second kappa shape index (κ2) is 10.2. The molecule has 0 aliphatic carbocycles. The molecule has 1 aliphatic rings. The maximum atomic E-state index is 11.7. The van der Waals surface area contributed by atoms with E-state index in [1.54, 1.807) is 0 Å². The van der Waals surface area contributed by atoms with Crippen molar-refractivity contribution in [2.75, 3.05) is 13.2 Å². The average molecular weight is 314 g/mol. The molecule has 0 fully saturated rings. The van der Waals surface area contributed by atoms with Crippen molar-refractivity contribution < 1.29 is 29.3 Å². The number of hydrogen-bond donors (Lipinski definition) is 2. The number of unbranched alkanes of at least 4 members (excludes halogenated alkanes) is 7. The molecule has 0 aromatic carbocycles. The first-order valence-electron chi connectivity index (χ1n) is 8.03. The minimum absolute atomic E-state index is 0.210. The van der Waals surface area contributed by atoms with Gasteiger partial charge in [-0.2, -0.15) is 0 Å². The Morgan fingerprint density at radius 3 is 2.27 bits per heavy atom. The van der Waals surface area contributed by atoms with E-state index in [1.807, 2.05) is 0 Å². The molecule has 1 aliphatic heterocycles. The van der Waals surface area contributed by atoms with Gasteiger partial charge in [0.05, 0.1) is 13.2 Å². The molecule has 1 atom stereocenters. The van der Waals surface area contributed by atoms with Gasteiger partial charge in [0, 0.05) is 0 Å². The molecule has 2 N–H and O–H groups in total. The van der Waals surface area contributed by atoms with Crippen molar-refractivity contribution in [1.29, 1.82) is 0 Å². The lowest BCUT2D eigenvalue weighted by Gasteiger charge is -2.04. The molecule has 22 heavy (non-hydrogen) atoms. The van der Waals surface area contributed by atoms with Crippen molar-refractivity contribution in [1.82, 2.24) is 0 Å². The summed E-state index contributed by atoms with van der Waals surface area (Å²) in [6.45, 7) is 1.83. The Hall–Kier alpha value is -1.56. The van der Waals surface area contributed by atoms with Crippen molar-refractivity contribution in [3.8, 4) is 0 Å². The largest absolute Gasteiger partial charge is 0.507 e. The van der Waals surface area contributed by atoms with Gasteiger partial charge in [-0.25, -0.2) is 9.59 Å². The summed E-state index contributed by atoms with van der Waals surface area (Å²) in [5.41, 5.74) is -0.501. The smallest absolute Gasteiger partial charge is 0.350 e. The van der Waals surface area contributed by atoms with Gasteiger partial charge >= 0.3 is 11.9 Å². The van der Waals surface area contributed by atoms with Gasteiger partial charge in [0.15, 0.2) is 17.4 Å². The van der Waals surface area contributed by atoms with Crippen LogP contribution in [0.3, 0.4) is 0 Å². The van der Waals surface area contributed by atoms with Gasteiger partial charge in [-0.3, -0.25) is 0 Å². The molecule has 0 unspecified atom stereocenters. The number of carbonyl (C=O) groups excluding carboxylic acids is 2. The molecule has 1 rings (SSSR count). The van der Waals surface area contributed by atoms with Gasteiger partial charge in [0.1, 0.15) is 0 Å². The number of ether oxygens (including phenoxy) is 2. The molecule has 0 radical (unpaired) electrons. The van der Waals surface area contributed by atoms with Crippen LogP contribution in [0, 0.1) is 0 Å². The Kier molecular flexibility index (Phi) is 8.58. The van der Waals surface area contributed by atoms with Gasteiger partial charge < -0.3 is 19.7 Å². The highest BCUT2D eigenvalue weighted by Crippen LogP contribution is 2.21. The van der Waals surface area contributed by atoms with E-state index in [4.69, 9.17) is 9.84 Å². The Balaban J connectivity index is 2.16. The SMILES string of the molecule is CCCCCCCCCCOC(=O)C1=C(O)[C@@H](CO)OC1=O. The van der Waals surface area contributed by atoms with Crippen molar-refractivity contribution in [2.45, 2.75) is 64.4 Å². The lowest BCUT2D eigenvalue weighted by atomic mass is 10.1. The first-order valence-corrected chi connectivity index (χ1v) is 8.03. The average Bonchev–Trinajstić information content (AvgIpc) is 2.79. The lowest BCUT2D eigenvalue weighted by molar-refractivity contribution is -0.147.